The first kappa shape index (κ1) is 21.7. The largest absolute Gasteiger partial charge is 0.481 e. The van der Waals surface area contributed by atoms with E-state index in [1.165, 1.54) is 0 Å². The molecule has 0 saturated carbocycles. The van der Waals surface area contributed by atoms with Crippen molar-refractivity contribution in [2.45, 2.75) is 55.5 Å². The van der Waals surface area contributed by atoms with Gasteiger partial charge in [0.15, 0.2) is 0 Å². The maximum absolute atomic E-state index is 13.1. The number of carbonyl (C=O) groups is 1. The molecule has 0 unspecified atom stereocenters. The van der Waals surface area contributed by atoms with Crippen molar-refractivity contribution in [3.63, 3.8) is 0 Å². The van der Waals surface area contributed by atoms with Gasteiger partial charge < -0.3 is 5.11 Å². The third-order valence-electron chi connectivity index (χ3n) is 2.80. The minimum Gasteiger partial charge on any atom is -0.481 e. The summed E-state index contributed by atoms with van der Waals surface area (Å²) in [6.45, 7) is 0. The van der Waals surface area contributed by atoms with E-state index in [1.54, 1.807) is 0 Å². The molecule has 0 radical (unpaired) electrons. The highest BCUT2D eigenvalue weighted by molar-refractivity contribution is 5.66. The van der Waals surface area contributed by atoms with Crippen LogP contribution < -0.4 is 0 Å². The Bertz CT molecular complexity index is 410. The highest BCUT2D eigenvalue weighted by atomic mass is 19.4. The normalized spacial score (nSPS) is 14.9. The van der Waals surface area contributed by atoms with Crippen LogP contribution in [0.1, 0.15) is 25.7 Å². The summed E-state index contributed by atoms with van der Waals surface area (Å²) >= 11 is 0. The van der Waals surface area contributed by atoms with Gasteiger partial charge in [-0.25, -0.2) is 4.39 Å². The van der Waals surface area contributed by atoms with Gasteiger partial charge in [0.2, 0.25) is 0 Å². The third-order valence-corrected chi connectivity index (χ3v) is 2.80. The van der Waals surface area contributed by atoms with Gasteiger partial charge in [0.1, 0.15) is 0 Å². The third kappa shape index (κ3) is 3.97. The number of carboxylic acid groups (broad SMARTS) is 1. The van der Waals surface area contributed by atoms with Gasteiger partial charge in [-0.1, -0.05) is 0 Å². The van der Waals surface area contributed by atoms with E-state index in [1.807, 2.05) is 0 Å². The Morgan fingerprint density at radius 3 is 1.43 bits per heavy atom. The summed E-state index contributed by atoms with van der Waals surface area (Å²) in [5, 5.41) is 8.15. The zero-order valence-electron chi connectivity index (χ0n) is 10.8. The molecule has 0 rings (SSSR count). The zero-order chi connectivity index (χ0) is 18.9. The quantitative estimate of drug-likeness (QED) is 0.520. The van der Waals surface area contributed by atoms with Crippen molar-refractivity contribution in [1.82, 2.24) is 0 Å². The van der Waals surface area contributed by atoms with Crippen molar-refractivity contribution < 1.29 is 58.2 Å². The molecule has 0 amide bonds. The lowest BCUT2D eigenvalue weighted by molar-refractivity contribution is -0.427. The van der Waals surface area contributed by atoms with E-state index in [4.69, 9.17) is 5.11 Å². The Kier molecular flexibility index (Phi) is 5.95. The van der Waals surface area contributed by atoms with Gasteiger partial charge in [-0.15, -0.1) is 0 Å². The van der Waals surface area contributed by atoms with Crippen LogP contribution in [0.25, 0.3) is 0 Å². The van der Waals surface area contributed by atoms with E-state index >= 15 is 0 Å². The van der Waals surface area contributed by atoms with E-state index < -0.39 is 61.5 Å². The maximum atomic E-state index is 13.1. The molecule has 0 aliphatic rings. The number of alkyl halides is 11. The second kappa shape index (κ2) is 6.30. The van der Waals surface area contributed by atoms with Gasteiger partial charge in [-0.05, 0) is 12.8 Å². The van der Waals surface area contributed by atoms with E-state index in [9.17, 15) is 53.1 Å². The summed E-state index contributed by atoms with van der Waals surface area (Å²) in [6, 6.07) is 0. The van der Waals surface area contributed by atoms with Gasteiger partial charge in [-0.3, -0.25) is 4.79 Å². The molecular weight excluding hydrogens is 361 g/mol. The van der Waals surface area contributed by atoms with Crippen LogP contribution in [0.5, 0.6) is 0 Å². The van der Waals surface area contributed by atoms with E-state index in [-0.39, 0.29) is 0 Å². The monoisotopic (exact) mass is 370 g/mol. The molecule has 0 heterocycles. The number of halogens is 11. The molecule has 23 heavy (non-hydrogen) atoms. The summed E-state index contributed by atoms with van der Waals surface area (Å²) in [6.07, 6.45) is -19.7. The number of aliphatic carboxylic acids is 1. The van der Waals surface area contributed by atoms with Gasteiger partial charge in [0.25, 0.3) is 0 Å². The summed E-state index contributed by atoms with van der Waals surface area (Å²) in [5.41, 5.74) is -7.46. The zero-order valence-corrected chi connectivity index (χ0v) is 10.8. The topological polar surface area (TPSA) is 37.3 Å². The van der Waals surface area contributed by atoms with Crippen LogP contribution in [0.3, 0.4) is 0 Å². The molecule has 0 atom stereocenters. The molecule has 0 aromatic heterocycles. The van der Waals surface area contributed by atoms with Crippen LogP contribution in [0.4, 0.5) is 48.3 Å². The second-order valence-corrected chi connectivity index (χ2v) is 4.53. The molecule has 0 aromatic carbocycles. The summed E-state index contributed by atoms with van der Waals surface area (Å²) < 4.78 is 139. The lowest BCUT2D eigenvalue weighted by Crippen LogP contribution is -2.70. The Hall–Kier alpha value is -1.30. The summed E-state index contributed by atoms with van der Waals surface area (Å²) in [5.74, 6) is -14.7. The Morgan fingerprint density at radius 1 is 0.739 bits per heavy atom. The lowest BCUT2D eigenvalue weighted by atomic mass is 9.88. The second-order valence-electron chi connectivity index (χ2n) is 4.53. The summed E-state index contributed by atoms with van der Waals surface area (Å²) in [4.78, 5) is 10.0. The predicted octanol–water partition coefficient (Wildman–Crippen LogP) is 4.73. The van der Waals surface area contributed by atoms with Gasteiger partial charge in [0, 0.05) is 12.8 Å². The Balaban J connectivity index is 5.57. The van der Waals surface area contributed by atoms with Crippen molar-refractivity contribution in [2.24, 2.45) is 0 Å². The first-order chi connectivity index (χ1) is 9.92. The van der Waals surface area contributed by atoms with Crippen molar-refractivity contribution in [3.8, 4) is 0 Å². The van der Waals surface area contributed by atoms with Crippen molar-refractivity contribution in [3.05, 3.63) is 0 Å². The van der Waals surface area contributed by atoms with Gasteiger partial charge in [-0.2, -0.15) is 43.9 Å². The molecular formula is C10H9F11O2. The number of hydrogen-bond donors (Lipinski definition) is 1. The van der Waals surface area contributed by atoms with Crippen molar-refractivity contribution >= 4 is 5.97 Å². The molecule has 0 fully saturated rings. The average molecular weight is 370 g/mol. The molecule has 138 valence electrons. The highest BCUT2D eigenvalue weighted by Gasteiger charge is 2.89. The number of rotatable bonds is 7. The standard InChI is InChI=1S/C10H9F11O2/c11-6(12,4-2-1-3-5(22)23)8(14,15)7(13,9(16,17)18)10(19,20)21/h1-4H2,(H,22,23). The van der Waals surface area contributed by atoms with Gasteiger partial charge in [0.05, 0.1) is 0 Å². The van der Waals surface area contributed by atoms with Crippen LogP contribution in [-0.2, 0) is 4.79 Å². The molecule has 13 heteroatoms. The molecule has 0 aliphatic heterocycles. The van der Waals surface area contributed by atoms with Crippen LogP contribution in [0.2, 0.25) is 0 Å². The first-order valence-electron chi connectivity index (χ1n) is 5.71. The molecule has 0 aliphatic carbocycles. The smallest absolute Gasteiger partial charge is 0.438 e. The molecule has 1 N–H and O–H groups in total. The van der Waals surface area contributed by atoms with Crippen molar-refractivity contribution in [2.75, 3.05) is 0 Å². The number of hydrogen-bond acceptors (Lipinski definition) is 1. The van der Waals surface area contributed by atoms with E-state index in [0.29, 0.717) is 0 Å². The Labute approximate surface area is 121 Å². The molecule has 0 aromatic rings. The number of unbranched alkanes of at least 4 members (excludes halogenated alkanes) is 1. The first-order valence-corrected chi connectivity index (χ1v) is 5.71. The molecule has 0 spiro atoms. The fraction of sp³-hybridized carbons (Fsp3) is 0.900. The molecule has 0 saturated heterocycles. The van der Waals surface area contributed by atoms with E-state index in [0.717, 1.165) is 0 Å². The molecule has 2 nitrogen and oxygen atoms in total. The predicted molar refractivity (Wildman–Crippen MR) is 51.9 cm³/mol. The minimum absolute atomic E-state index is 0.724. The van der Waals surface area contributed by atoms with Crippen LogP contribution in [0, 0.1) is 0 Å². The van der Waals surface area contributed by atoms with Crippen LogP contribution >= 0.6 is 0 Å². The average Bonchev–Trinajstić information content (AvgIpc) is 2.30. The fourth-order valence-electron chi connectivity index (χ4n) is 1.55. The van der Waals surface area contributed by atoms with Crippen LogP contribution in [0.15, 0.2) is 0 Å². The summed E-state index contributed by atoms with van der Waals surface area (Å²) in [7, 11) is 0. The Morgan fingerprint density at radius 2 is 1.13 bits per heavy atom. The van der Waals surface area contributed by atoms with E-state index in [2.05, 4.69) is 0 Å². The highest BCUT2D eigenvalue weighted by Crippen LogP contribution is 2.59. The maximum Gasteiger partial charge on any atom is 0.438 e. The van der Waals surface area contributed by atoms with Gasteiger partial charge >= 0.3 is 35.8 Å². The fourth-order valence-corrected chi connectivity index (χ4v) is 1.55. The SMILES string of the molecule is O=C(O)CCCCC(F)(F)C(F)(F)C(F)(C(F)(F)F)C(F)(F)F. The minimum atomic E-state index is -7.46. The van der Waals surface area contributed by atoms with Crippen molar-refractivity contribution in [1.29, 1.82) is 0 Å². The van der Waals surface area contributed by atoms with Crippen LogP contribution in [-0.4, -0.2) is 40.9 Å². The lowest BCUT2D eigenvalue weighted by Gasteiger charge is -2.39. The molecule has 0 bridgehead atoms. The number of carboxylic acids is 1.